The van der Waals surface area contributed by atoms with Gasteiger partial charge in [-0.2, -0.15) is 0 Å². The van der Waals surface area contributed by atoms with Crippen molar-refractivity contribution in [1.82, 2.24) is 10.2 Å². The first-order chi connectivity index (χ1) is 11.8. The summed E-state index contributed by atoms with van der Waals surface area (Å²) in [6, 6.07) is 4.53. The van der Waals surface area contributed by atoms with Crippen LogP contribution in [-0.4, -0.2) is 42.3 Å². The quantitative estimate of drug-likeness (QED) is 0.870. The number of rotatable bonds is 4. The molecule has 0 spiro atoms. The van der Waals surface area contributed by atoms with Gasteiger partial charge in [-0.1, -0.05) is 6.92 Å². The summed E-state index contributed by atoms with van der Waals surface area (Å²) < 4.78 is 40.0. The standard InChI is InChI=1S/C16H18F3N3O3/c1-2-13(23)22-7-11-12(8-22)14(11)21-15(24)20-9-3-5-10(6-4-9)25-16(17,18)19/h3-6,11-12,14H,2,7-8H2,1H3,(H2,20,21,24). The van der Waals surface area contributed by atoms with Crippen LogP contribution in [-0.2, 0) is 4.79 Å². The Morgan fingerprint density at radius 1 is 1.20 bits per heavy atom. The van der Waals surface area contributed by atoms with Gasteiger partial charge in [0.25, 0.3) is 0 Å². The van der Waals surface area contributed by atoms with Crippen molar-refractivity contribution in [2.45, 2.75) is 25.7 Å². The molecule has 0 bridgehead atoms. The number of nitrogens with one attached hydrogen (secondary N) is 2. The maximum absolute atomic E-state index is 12.1. The minimum absolute atomic E-state index is 0.0359. The number of piperidine rings is 1. The van der Waals surface area contributed by atoms with E-state index in [1.54, 1.807) is 0 Å². The Hall–Kier alpha value is -2.45. The molecule has 136 valence electrons. The van der Waals surface area contributed by atoms with Crippen molar-refractivity contribution in [1.29, 1.82) is 0 Å². The topological polar surface area (TPSA) is 70.7 Å². The first-order valence-corrected chi connectivity index (χ1v) is 7.98. The lowest BCUT2D eigenvalue weighted by Gasteiger charge is -2.19. The zero-order valence-corrected chi connectivity index (χ0v) is 13.5. The number of alkyl halides is 3. The monoisotopic (exact) mass is 357 g/mol. The third-order valence-corrected chi connectivity index (χ3v) is 4.49. The van der Waals surface area contributed by atoms with E-state index in [1.807, 2.05) is 11.8 Å². The minimum Gasteiger partial charge on any atom is -0.406 e. The van der Waals surface area contributed by atoms with Crippen LogP contribution in [0.2, 0.25) is 0 Å². The second-order valence-corrected chi connectivity index (χ2v) is 6.18. The van der Waals surface area contributed by atoms with E-state index in [-0.39, 0.29) is 29.5 Å². The van der Waals surface area contributed by atoms with E-state index in [2.05, 4.69) is 15.4 Å². The molecule has 2 N–H and O–H groups in total. The first-order valence-electron chi connectivity index (χ1n) is 7.98. The van der Waals surface area contributed by atoms with E-state index in [1.165, 1.54) is 12.1 Å². The van der Waals surface area contributed by atoms with Crippen LogP contribution in [0.5, 0.6) is 5.75 Å². The van der Waals surface area contributed by atoms with Crippen molar-refractivity contribution in [3.8, 4) is 5.75 Å². The second kappa shape index (κ2) is 6.45. The Morgan fingerprint density at radius 2 is 1.80 bits per heavy atom. The normalized spacial score (nSPS) is 24.5. The van der Waals surface area contributed by atoms with Crippen molar-refractivity contribution in [2.75, 3.05) is 18.4 Å². The highest BCUT2D eigenvalue weighted by Crippen LogP contribution is 2.45. The van der Waals surface area contributed by atoms with Crippen LogP contribution in [0, 0.1) is 11.8 Å². The van der Waals surface area contributed by atoms with E-state index in [0.717, 1.165) is 12.1 Å². The summed E-state index contributed by atoms with van der Waals surface area (Å²) >= 11 is 0. The van der Waals surface area contributed by atoms with Gasteiger partial charge in [0.05, 0.1) is 0 Å². The molecule has 3 rings (SSSR count). The second-order valence-electron chi connectivity index (χ2n) is 6.18. The molecule has 25 heavy (non-hydrogen) atoms. The van der Waals surface area contributed by atoms with E-state index >= 15 is 0 Å². The average Bonchev–Trinajstić information content (AvgIpc) is 2.97. The SMILES string of the molecule is CCC(=O)N1CC2C(C1)C2NC(=O)Nc1ccc(OC(F)(F)F)cc1. The minimum atomic E-state index is -4.75. The van der Waals surface area contributed by atoms with Crippen LogP contribution in [0.25, 0.3) is 0 Å². The number of carbonyl (C=O) groups is 2. The van der Waals surface area contributed by atoms with Crippen LogP contribution in [0.1, 0.15) is 13.3 Å². The number of anilines is 1. The fraction of sp³-hybridized carbons (Fsp3) is 0.500. The highest BCUT2D eigenvalue weighted by atomic mass is 19.4. The van der Waals surface area contributed by atoms with Gasteiger partial charge >= 0.3 is 12.4 Å². The maximum atomic E-state index is 12.1. The molecular formula is C16H18F3N3O3. The molecule has 0 radical (unpaired) electrons. The van der Waals surface area contributed by atoms with Crippen LogP contribution < -0.4 is 15.4 Å². The van der Waals surface area contributed by atoms with E-state index < -0.39 is 12.4 Å². The van der Waals surface area contributed by atoms with Crippen LogP contribution in [0.15, 0.2) is 24.3 Å². The van der Waals surface area contributed by atoms with Crippen molar-refractivity contribution >= 4 is 17.6 Å². The molecule has 2 atom stereocenters. The van der Waals surface area contributed by atoms with Crippen LogP contribution >= 0.6 is 0 Å². The molecule has 1 aromatic rings. The van der Waals surface area contributed by atoms with Gasteiger partial charge in [0.15, 0.2) is 0 Å². The summed E-state index contributed by atoms with van der Waals surface area (Å²) in [6.07, 6.45) is -4.27. The van der Waals surface area contributed by atoms with Crippen molar-refractivity contribution < 1.29 is 27.5 Å². The van der Waals surface area contributed by atoms with Gasteiger partial charge in [-0.25, -0.2) is 4.79 Å². The third-order valence-electron chi connectivity index (χ3n) is 4.49. The summed E-state index contributed by atoms with van der Waals surface area (Å²) in [5.74, 6) is 0.333. The molecule has 9 heteroatoms. The molecule has 3 amide bonds. The number of benzene rings is 1. The van der Waals surface area contributed by atoms with Crippen molar-refractivity contribution in [3.63, 3.8) is 0 Å². The highest BCUT2D eigenvalue weighted by Gasteiger charge is 2.57. The first kappa shape index (κ1) is 17.4. The van der Waals surface area contributed by atoms with Crippen molar-refractivity contribution in [2.24, 2.45) is 11.8 Å². The number of likely N-dealkylation sites (tertiary alicyclic amines) is 1. The molecule has 1 aliphatic heterocycles. The van der Waals surface area contributed by atoms with Gasteiger partial charge in [-0.05, 0) is 24.3 Å². The predicted molar refractivity (Wildman–Crippen MR) is 82.9 cm³/mol. The number of ether oxygens (including phenoxy) is 1. The summed E-state index contributed by atoms with van der Waals surface area (Å²) in [6.45, 7) is 3.14. The molecule has 1 saturated carbocycles. The summed E-state index contributed by atoms with van der Waals surface area (Å²) in [7, 11) is 0. The predicted octanol–water partition coefficient (Wildman–Crippen LogP) is 2.57. The number of hydrogen-bond donors (Lipinski definition) is 2. The maximum Gasteiger partial charge on any atom is 0.573 e. The number of urea groups is 1. The number of carbonyl (C=O) groups excluding carboxylic acids is 2. The smallest absolute Gasteiger partial charge is 0.406 e. The molecule has 1 heterocycles. The summed E-state index contributed by atoms with van der Waals surface area (Å²) in [5, 5.41) is 5.41. The fourth-order valence-corrected chi connectivity index (χ4v) is 3.23. The number of hydrogen-bond acceptors (Lipinski definition) is 3. The summed E-state index contributed by atoms with van der Waals surface area (Å²) in [4.78, 5) is 25.4. The zero-order chi connectivity index (χ0) is 18.2. The van der Waals surface area contributed by atoms with Gasteiger partial charge in [-0.15, -0.1) is 13.2 Å². The molecule has 2 fully saturated rings. The largest absolute Gasteiger partial charge is 0.573 e. The molecule has 1 aliphatic carbocycles. The van der Waals surface area contributed by atoms with Gasteiger partial charge in [0, 0.05) is 43.1 Å². The molecule has 2 unspecified atom stereocenters. The Kier molecular flexibility index (Phi) is 4.49. The van der Waals surface area contributed by atoms with Gasteiger partial charge in [0.2, 0.25) is 5.91 Å². The lowest BCUT2D eigenvalue weighted by Crippen LogP contribution is -2.38. The Morgan fingerprint density at radius 3 is 2.32 bits per heavy atom. The fourth-order valence-electron chi connectivity index (χ4n) is 3.23. The Bertz CT molecular complexity index is 651. The summed E-state index contributed by atoms with van der Waals surface area (Å²) in [5.41, 5.74) is 0.362. The van der Waals surface area contributed by atoms with Gasteiger partial charge in [0.1, 0.15) is 5.75 Å². The number of fused-ring (bicyclic) bond motifs is 1. The molecule has 2 aliphatic rings. The van der Waals surface area contributed by atoms with Gasteiger partial charge < -0.3 is 20.3 Å². The number of nitrogens with zero attached hydrogens (tertiary/aromatic N) is 1. The average molecular weight is 357 g/mol. The molecule has 6 nitrogen and oxygen atoms in total. The molecule has 1 saturated heterocycles. The van der Waals surface area contributed by atoms with Crippen LogP contribution in [0.3, 0.4) is 0 Å². The van der Waals surface area contributed by atoms with Crippen molar-refractivity contribution in [3.05, 3.63) is 24.3 Å². The number of halogens is 3. The lowest BCUT2D eigenvalue weighted by atomic mass is 10.3. The highest BCUT2D eigenvalue weighted by molar-refractivity contribution is 5.89. The van der Waals surface area contributed by atoms with E-state index in [9.17, 15) is 22.8 Å². The van der Waals surface area contributed by atoms with E-state index in [4.69, 9.17) is 0 Å². The molecular weight excluding hydrogens is 339 g/mol. The molecule has 1 aromatic carbocycles. The Balaban J connectivity index is 1.45. The number of amides is 3. The lowest BCUT2D eigenvalue weighted by molar-refractivity contribution is -0.274. The third kappa shape index (κ3) is 4.15. The Labute approximate surface area is 142 Å². The van der Waals surface area contributed by atoms with Gasteiger partial charge in [-0.3, -0.25) is 4.79 Å². The van der Waals surface area contributed by atoms with E-state index in [0.29, 0.717) is 25.2 Å². The zero-order valence-electron chi connectivity index (χ0n) is 13.5. The molecule has 0 aromatic heterocycles. The van der Waals surface area contributed by atoms with Crippen LogP contribution in [0.4, 0.5) is 23.7 Å².